The van der Waals surface area contributed by atoms with Crippen LogP contribution in [0.15, 0.2) is 71.6 Å². The van der Waals surface area contributed by atoms with Crippen LogP contribution in [0.1, 0.15) is 22.9 Å². The number of benzene rings is 2. The third-order valence-corrected chi connectivity index (χ3v) is 4.80. The molecule has 0 aliphatic carbocycles. The Hall–Kier alpha value is -2.40. The highest BCUT2D eigenvalue weighted by molar-refractivity contribution is 9.10. The van der Waals surface area contributed by atoms with Crippen LogP contribution in [0.3, 0.4) is 0 Å². The summed E-state index contributed by atoms with van der Waals surface area (Å²) in [6.45, 7) is 1.19. The number of hydrogen-bond acceptors (Lipinski definition) is 2. The smallest absolute Gasteiger partial charge is 0.250 e. The highest BCUT2D eigenvalue weighted by Crippen LogP contribution is 2.30. The van der Waals surface area contributed by atoms with E-state index in [4.69, 9.17) is 0 Å². The molecule has 4 nitrogen and oxygen atoms in total. The highest BCUT2D eigenvalue weighted by Gasteiger charge is 2.34. The lowest BCUT2D eigenvalue weighted by Crippen LogP contribution is -2.42. The lowest BCUT2D eigenvalue weighted by Gasteiger charge is -2.34. The average molecular weight is 382 g/mol. The number of hydrogen-bond donors (Lipinski definition) is 0. The molecule has 0 bridgehead atoms. The fourth-order valence-corrected chi connectivity index (χ4v) is 3.59. The Labute approximate surface area is 148 Å². The fourth-order valence-electron chi connectivity index (χ4n) is 3.17. The van der Waals surface area contributed by atoms with E-state index in [2.05, 4.69) is 20.9 Å². The van der Waals surface area contributed by atoms with Gasteiger partial charge >= 0.3 is 0 Å². The van der Waals surface area contributed by atoms with Crippen molar-refractivity contribution in [3.05, 3.63) is 88.4 Å². The minimum Gasteiger partial charge on any atom is -0.330 e. The van der Waals surface area contributed by atoms with Gasteiger partial charge in [-0.2, -0.15) is 0 Å². The van der Waals surface area contributed by atoms with Crippen molar-refractivity contribution in [3.63, 3.8) is 0 Å². The Bertz CT molecular complexity index is 875. The molecular weight excluding hydrogens is 366 g/mol. The van der Waals surface area contributed by atoms with Gasteiger partial charge in [0.2, 0.25) is 0 Å². The highest BCUT2D eigenvalue weighted by atomic mass is 79.9. The SMILES string of the molecule is O=C1C(c2cccc(Br)c2)n2cncc2CN1Cc1ccccc1. The monoisotopic (exact) mass is 381 g/mol. The molecule has 24 heavy (non-hydrogen) atoms. The van der Waals surface area contributed by atoms with Crippen LogP contribution >= 0.6 is 15.9 Å². The number of carbonyl (C=O) groups is 1. The molecule has 1 atom stereocenters. The van der Waals surface area contributed by atoms with Crippen LogP contribution in [0.5, 0.6) is 0 Å². The number of halogens is 1. The second kappa shape index (κ2) is 6.24. The van der Waals surface area contributed by atoms with Gasteiger partial charge < -0.3 is 9.47 Å². The molecule has 1 aliphatic heterocycles. The molecule has 1 amide bonds. The molecule has 0 N–H and O–H groups in total. The number of amides is 1. The van der Waals surface area contributed by atoms with Gasteiger partial charge in [0.25, 0.3) is 5.91 Å². The van der Waals surface area contributed by atoms with Gasteiger partial charge in [-0.05, 0) is 23.3 Å². The van der Waals surface area contributed by atoms with Crippen molar-refractivity contribution in [1.29, 1.82) is 0 Å². The van der Waals surface area contributed by atoms with Gasteiger partial charge in [-0.25, -0.2) is 4.98 Å². The fraction of sp³-hybridized carbons (Fsp3) is 0.158. The summed E-state index contributed by atoms with van der Waals surface area (Å²) in [7, 11) is 0. The minimum atomic E-state index is -0.363. The van der Waals surface area contributed by atoms with Crippen LogP contribution in [-0.4, -0.2) is 20.4 Å². The van der Waals surface area contributed by atoms with E-state index in [0.717, 1.165) is 21.3 Å². The maximum Gasteiger partial charge on any atom is 0.250 e. The third kappa shape index (κ3) is 2.76. The predicted octanol–water partition coefficient (Wildman–Crippen LogP) is 3.78. The van der Waals surface area contributed by atoms with Gasteiger partial charge in [-0.3, -0.25) is 4.79 Å². The van der Waals surface area contributed by atoms with Crippen LogP contribution in [0.4, 0.5) is 0 Å². The van der Waals surface area contributed by atoms with E-state index < -0.39 is 0 Å². The second-order valence-corrected chi connectivity index (χ2v) is 6.85. The van der Waals surface area contributed by atoms with Crippen molar-refractivity contribution in [2.75, 3.05) is 0 Å². The first-order chi connectivity index (χ1) is 11.7. The van der Waals surface area contributed by atoms with Crippen molar-refractivity contribution in [3.8, 4) is 0 Å². The predicted molar refractivity (Wildman–Crippen MR) is 95.2 cm³/mol. The molecule has 4 rings (SSSR count). The molecule has 1 aromatic heterocycles. The van der Waals surface area contributed by atoms with Crippen molar-refractivity contribution in [2.24, 2.45) is 0 Å². The van der Waals surface area contributed by atoms with E-state index in [0.29, 0.717) is 13.1 Å². The lowest BCUT2D eigenvalue weighted by molar-refractivity contribution is -0.136. The topological polar surface area (TPSA) is 38.1 Å². The summed E-state index contributed by atoms with van der Waals surface area (Å²) in [4.78, 5) is 19.3. The Morgan fingerprint density at radius 2 is 1.96 bits per heavy atom. The van der Waals surface area contributed by atoms with E-state index in [1.54, 1.807) is 6.33 Å². The molecule has 0 fully saturated rings. The van der Waals surface area contributed by atoms with E-state index in [1.165, 1.54) is 0 Å². The van der Waals surface area contributed by atoms with E-state index in [-0.39, 0.29) is 11.9 Å². The Morgan fingerprint density at radius 1 is 1.12 bits per heavy atom. The molecule has 1 unspecified atom stereocenters. The van der Waals surface area contributed by atoms with Crippen LogP contribution in [0.25, 0.3) is 0 Å². The molecule has 0 saturated heterocycles. The van der Waals surface area contributed by atoms with Crippen molar-refractivity contribution < 1.29 is 4.79 Å². The zero-order valence-corrected chi connectivity index (χ0v) is 14.6. The maximum absolute atomic E-state index is 13.2. The molecule has 2 aromatic carbocycles. The largest absolute Gasteiger partial charge is 0.330 e. The summed E-state index contributed by atoms with van der Waals surface area (Å²) in [6, 6.07) is 17.6. The average Bonchev–Trinajstić information content (AvgIpc) is 3.04. The molecule has 5 heteroatoms. The maximum atomic E-state index is 13.2. The Balaban J connectivity index is 1.72. The minimum absolute atomic E-state index is 0.0995. The number of aromatic nitrogens is 2. The van der Waals surface area contributed by atoms with Crippen LogP contribution < -0.4 is 0 Å². The first kappa shape index (κ1) is 15.1. The van der Waals surface area contributed by atoms with E-state index in [9.17, 15) is 4.79 Å². The van der Waals surface area contributed by atoms with Gasteiger partial charge in [-0.15, -0.1) is 0 Å². The number of imidazole rings is 1. The summed E-state index contributed by atoms with van der Waals surface area (Å²) < 4.78 is 2.95. The number of fused-ring (bicyclic) bond motifs is 1. The molecule has 0 spiro atoms. The number of nitrogens with zero attached hydrogens (tertiary/aromatic N) is 3. The van der Waals surface area contributed by atoms with Crippen molar-refractivity contribution in [1.82, 2.24) is 14.5 Å². The van der Waals surface area contributed by atoms with E-state index in [1.807, 2.05) is 70.3 Å². The molecule has 0 radical (unpaired) electrons. The van der Waals surface area contributed by atoms with Gasteiger partial charge in [0.05, 0.1) is 18.6 Å². The van der Waals surface area contributed by atoms with Gasteiger partial charge in [0.1, 0.15) is 6.04 Å². The third-order valence-electron chi connectivity index (χ3n) is 4.30. The molecule has 3 aromatic rings. The normalized spacial score (nSPS) is 17.0. The summed E-state index contributed by atoms with van der Waals surface area (Å²) in [5, 5.41) is 0. The summed E-state index contributed by atoms with van der Waals surface area (Å²) in [5.74, 6) is 0.0995. The Morgan fingerprint density at radius 3 is 2.75 bits per heavy atom. The van der Waals surface area contributed by atoms with Crippen molar-refractivity contribution in [2.45, 2.75) is 19.1 Å². The summed E-state index contributed by atoms with van der Waals surface area (Å²) in [5.41, 5.74) is 3.15. The van der Waals surface area contributed by atoms with Crippen LogP contribution in [0, 0.1) is 0 Å². The number of rotatable bonds is 3. The summed E-state index contributed by atoms with van der Waals surface area (Å²) in [6.07, 6.45) is 3.59. The zero-order chi connectivity index (χ0) is 16.5. The second-order valence-electron chi connectivity index (χ2n) is 5.93. The molecule has 0 saturated carbocycles. The number of carbonyl (C=O) groups excluding carboxylic acids is 1. The van der Waals surface area contributed by atoms with E-state index >= 15 is 0 Å². The molecular formula is C19H16BrN3O. The van der Waals surface area contributed by atoms with Crippen molar-refractivity contribution >= 4 is 21.8 Å². The van der Waals surface area contributed by atoms with Crippen LogP contribution in [-0.2, 0) is 17.9 Å². The van der Waals surface area contributed by atoms with Gasteiger partial charge in [0.15, 0.2) is 0 Å². The lowest BCUT2D eigenvalue weighted by atomic mass is 10.0. The quantitative estimate of drug-likeness (QED) is 0.692. The summed E-state index contributed by atoms with van der Waals surface area (Å²) >= 11 is 3.50. The molecule has 120 valence electrons. The first-order valence-electron chi connectivity index (χ1n) is 7.81. The Kier molecular flexibility index (Phi) is 3.94. The van der Waals surface area contributed by atoms with Gasteiger partial charge in [0, 0.05) is 17.2 Å². The first-order valence-corrected chi connectivity index (χ1v) is 8.60. The van der Waals surface area contributed by atoms with Gasteiger partial charge in [-0.1, -0.05) is 58.4 Å². The standard InChI is InChI=1S/C19H16BrN3O/c20-16-8-4-7-15(9-16)18-19(24)22(11-14-5-2-1-3-6-14)12-17-10-21-13-23(17)18/h1-10,13,18H,11-12H2. The molecule has 1 aliphatic rings. The zero-order valence-electron chi connectivity index (χ0n) is 13.0. The molecule has 2 heterocycles. The van der Waals surface area contributed by atoms with Crippen LogP contribution in [0.2, 0.25) is 0 Å².